The van der Waals surface area contributed by atoms with Crippen LogP contribution in [0.2, 0.25) is 0 Å². The molecule has 1 aromatic rings. The molecule has 1 aromatic carbocycles. The summed E-state index contributed by atoms with van der Waals surface area (Å²) in [5.74, 6) is -1.82. The summed E-state index contributed by atoms with van der Waals surface area (Å²) in [6, 6.07) is 9.23. The minimum atomic E-state index is -0.883. The molecule has 3 amide bonds. The van der Waals surface area contributed by atoms with Gasteiger partial charge in [-0.25, -0.2) is 5.48 Å². The van der Waals surface area contributed by atoms with Crippen LogP contribution >= 0.6 is 22.6 Å². The van der Waals surface area contributed by atoms with Crippen LogP contribution in [0.3, 0.4) is 0 Å². The molecule has 0 saturated heterocycles. The van der Waals surface area contributed by atoms with Crippen molar-refractivity contribution in [3.63, 3.8) is 0 Å². The second-order valence-corrected chi connectivity index (χ2v) is 4.71. The van der Waals surface area contributed by atoms with E-state index in [-0.39, 0.29) is 25.6 Å². The number of halogens is 1. The quantitative estimate of drug-likeness (QED) is 0.194. The van der Waals surface area contributed by atoms with Crippen LogP contribution in [0.1, 0.15) is 5.56 Å². The number of carbonyl (C=O) groups is 3. The summed E-state index contributed by atoms with van der Waals surface area (Å²) >= 11 is 1.93. The van der Waals surface area contributed by atoms with Crippen LogP contribution in [-0.4, -0.2) is 35.2 Å². The smallest absolute Gasteiger partial charge is 0.332 e. The van der Waals surface area contributed by atoms with E-state index in [1.807, 2.05) is 52.9 Å². The molecule has 1 rings (SSSR count). The van der Waals surface area contributed by atoms with E-state index in [9.17, 15) is 14.4 Å². The SMILES string of the molecule is O=C(CI)NCCNC(=O)C(=O)NOCc1ccccc1. The molecular formula is C13H16IN3O4. The fraction of sp³-hybridized carbons (Fsp3) is 0.308. The van der Waals surface area contributed by atoms with Gasteiger partial charge in [0.2, 0.25) is 5.91 Å². The number of hydrogen-bond donors (Lipinski definition) is 3. The summed E-state index contributed by atoms with van der Waals surface area (Å²) in [6.07, 6.45) is 0. The average molecular weight is 405 g/mol. The van der Waals surface area contributed by atoms with Gasteiger partial charge in [-0.05, 0) is 5.56 Å². The first-order valence-electron chi connectivity index (χ1n) is 6.20. The zero-order valence-electron chi connectivity index (χ0n) is 11.2. The van der Waals surface area contributed by atoms with Crippen molar-refractivity contribution in [3.8, 4) is 0 Å². The zero-order chi connectivity index (χ0) is 15.5. The van der Waals surface area contributed by atoms with Gasteiger partial charge >= 0.3 is 11.8 Å². The molecule has 0 heterocycles. The van der Waals surface area contributed by atoms with Gasteiger partial charge in [0.25, 0.3) is 0 Å². The molecular weight excluding hydrogens is 389 g/mol. The van der Waals surface area contributed by atoms with Gasteiger partial charge < -0.3 is 10.6 Å². The highest BCUT2D eigenvalue weighted by Crippen LogP contribution is 1.98. The highest BCUT2D eigenvalue weighted by Gasteiger charge is 2.12. The molecule has 21 heavy (non-hydrogen) atoms. The lowest BCUT2D eigenvalue weighted by Crippen LogP contribution is -2.42. The molecule has 0 fully saturated rings. The van der Waals surface area contributed by atoms with Gasteiger partial charge in [0.1, 0.15) is 0 Å². The molecule has 0 aliphatic heterocycles. The molecule has 0 spiro atoms. The molecule has 7 nitrogen and oxygen atoms in total. The zero-order valence-corrected chi connectivity index (χ0v) is 13.4. The van der Waals surface area contributed by atoms with Crippen molar-refractivity contribution in [1.82, 2.24) is 16.1 Å². The Bertz CT molecular complexity index is 482. The van der Waals surface area contributed by atoms with E-state index >= 15 is 0 Å². The fourth-order valence-corrected chi connectivity index (χ4v) is 1.58. The summed E-state index contributed by atoms with van der Waals surface area (Å²) in [5, 5.41) is 4.93. The van der Waals surface area contributed by atoms with E-state index in [1.165, 1.54) is 0 Å². The van der Waals surface area contributed by atoms with Gasteiger partial charge in [0.05, 0.1) is 11.0 Å². The largest absolute Gasteiger partial charge is 0.354 e. The lowest BCUT2D eigenvalue weighted by Gasteiger charge is -2.07. The maximum atomic E-state index is 11.4. The Hall–Kier alpha value is -1.68. The van der Waals surface area contributed by atoms with Crippen LogP contribution in [0.25, 0.3) is 0 Å². The Morgan fingerprint density at radius 2 is 1.67 bits per heavy atom. The average Bonchev–Trinajstić information content (AvgIpc) is 2.51. The van der Waals surface area contributed by atoms with E-state index in [0.29, 0.717) is 4.43 Å². The van der Waals surface area contributed by atoms with Crippen LogP contribution in [0.15, 0.2) is 30.3 Å². The van der Waals surface area contributed by atoms with Gasteiger partial charge in [0, 0.05) is 13.1 Å². The summed E-state index contributed by atoms with van der Waals surface area (Å²) < 4.78 is 0.347. The van der Waals surface area contributed by atoms with Crippen LogP contribution in [0, 0.1) is 0 Å². The first-order valence-corrected chi connectivity index (χ1v) is 7.72. The molecule has 0 atom stereocenters. The Morgan fingerprint density at radius 3 is 2.33 bits per heavy atom. The minimum absolute atomic E-state index is 0.125. The predicted octanol–water partition coefficient (Wildman–Crippen LogP) is -0.0982. The molecule has 0 aliphatic rings. The van der Waals surface area contributed by atoms with Crippen LogP contribution in [0.4, 0.5) is 0 Å². The van der Waals surface area contributed by atoms with Gasteiger partial charge in [-0.3, -0.25) is 19.2 Å². The Labute approximate surface area is 135 Å². The molecule has 0 saturated carbocycles. The second-order valence-electron chi connectivity index (χ2n) is 3.94. The summed E-state index contributed by atoms with van der Waals surface area (Å²) in [6.45, 7) is 0.616. The topological polar surface area (TPSA) is 96.5 Å². The molecule has 0 aromatic heterocycles. The third-order valence-corrected chi connectivity index (χ3v) is 3.00. The Morgan fingerprint density at radius 1 is 1.00 bits per heavy atom. The van der Waals surface area contributed by atoms with Crippen molar-refractivity contribution in [2.75, 3.05) is 17.5 Å². The molecule has 0 aliphatic carbocycles. The predicted molar refractivity (Wildman–Crippen MR) is 84.3 cm³/mol. The highest BCUT2D eigenvalue weighted by molar-refractivity contribution is 14.1. The number of carbonyl (C=O) groups excluding carboxylic acids is 3. The van der Waals surface area contributed by atoms with E-state index in [4.69, 9.17) is 4.84 Å². The van der Waals surface area contributed by atoms with E-state index in [0.717, 1.165) is 5.56 Å². The van der Waals surface area contributed by atoms with Crippen molar-refractivity contribution in [2.45, 2.75) is 6.61 Å². The maximum absolute atomic E-state index is 11.4. The van der Waals surface area contributed by atoms with Crippen molar-refractivity contribution in [1.29, 1.82) is 0 Å². The number of benzene rings is 1. The van der Waals surface area contributed by atoms with Crippen molar-refractivity contribution in [3.05, 3.63) is 35.9 Å². The third kappa shape index (κ3) is 7.61. The van der Waals surface area contributed by atoms with Crippen LogP contribution in [0.5, 0.6) is 0 Å². The first kappa shape index (κ1) is 17.4. The molecule has 0 bridgehead atoms. The lowest BCUT2D eigenvalue weighted by atomic mass is 10.2. The minimum Gasteiger partial charge on any atom is -0.354 e. The number of hydroxylamine groups is 1. The Kier molecular flexibility index (Phi) is 8.36. The molecule has 114 valence electrons. The fourth-order valence-electron chi connectivity index (χ4n) is 1.31. The number of nitrogens with one attached hydrogen (secondary N) is 3. The van der Waals surface area contributed by atoms with E-state index in [2.05, 4.69) is 16.1 Å². The van der Waals surface area contributed by atoms with Crippen molar-refractivity contribution in [2.24, 2.45) is 0 Å². The maximum Gasteiger partial charge on any atom is 0.332 e. The number of hydrogen-bond acceptors (Lipinski definition) is 4. The lowest BCUT2D eigenvalue weighted by molar-refractivity contribution is -0.147. The summed E-state index contributed by atoms with van der Waals surface area (Å²) in [7, 11) is 0. The Balaban J connectivity index is 2.14. The number of amides is 3. The summed E-state index contributed by atoms with van der Waals surface area (Å²) in [5.41, 5.74) is 2.93. The molecule has 0 unspecified atom stereocenters. The van der Waals surface area contributed by atoms with Gasteiger partial charge in [-0.1, -0.05) is 52.9 Å². The number of rotatable bonds is 7. The van der Waals surface area contributed by atoms with Crippen molar-refractivity contribution < 1.29 is 19.2 Å². The normalized spacial score (nSPS) is 9.76. The second kappa shape index (κ2) is 10.1. The molecule has 3 N–H and O–H groups in total. The first-order chi connectivity index (χ1) is 10.1. The van der Waals surface area contributed by atoms with E-state index < -0.39 is 11.8 Å². The van der Waals surface area contributed by atoms with Crippen LogP contribution < -0.4 is 16.1 Å². The summed E-state index contributed by atoms with van der Waals surface area (Å²) in [4.78, 5) is 38.6. The van der Waals surface area contributed by atoms with Crippen LogP contribution in [-0.2, 0) is 25.8 Å². The standard InChI is InChI=1S/C13H16IN3O4/c14-8-11(18)15-6-7-16-12(19)13(20)17-21-9-10-4-2-1-3-5-10/h1-5H,6-9H2,(H,15,18)(H,16,19)(H,17,20). The van der Waals surface area contributed by atoms with Gasteiger partial charge in [0.15, 0.2) is 0 Å². The highest BCUT2D eigenvalue weighted by atomic mass is 127. The molecule has 8 heteroatoms. The monoisotopic (exact) mass is 405 g/mol. The van der Waals surface area contributed by atoms with Gasteiger partial charge in [-0.2, -0.15) is 0 Å². The van der Waals surface area contributed by atoms with Gasteiger partial charge in [-0.15, -0.1) is 0 Å². The number of alkyl halides is 1. The van der Waals surface area contributed by atoms with Crippen molar-refractivity contribution >= 4 is 40.3 Å². The third-order valence-electron chi connectivity index (χ3n) is 2.31. The molecule has 0 radical (unpaired) electrons. The van der Waals surface area contributed by atoms with E-state index in [1.54, 1.807) is 0 Å².